The van der Waals surface area contributed by atoms with Crippen LogP contribution in [0.5, 0.6) is 0 Å². The largest absolute Gasteiger partial charge is 0.433 e. The smallest absolute Gasteiger partial charge is 0.355 e. The molecule has 2 atom stereocenters. The molecule has 3 heterocycles. The maximum absolute atomic E-state index is 13.8. The van der Waals surface area contributed by atoms with Crippen molar-refractivity contribution in [3.05, 3.63) is 95.3 Å². The molecule has 0 bridgehead atoms. The molecule has 2 aliphatic rings. The van der Waals surface area contributed by atoms with E-state index >= 15 is 0 Å². The molecule has 2 aromatic carbocycles. The molecule has 0 saturated heterocycles. The lowest BCUT2D eigenvalue weighted by atomic mass is 10.0. The SMILES string of the molecule is CNC(=O)c1ccc(-c2cccc(C(=O)NC3C=CC(n4nc(C5=CCCN=C5)cc4C(F)(F)F)CN3)c2)cc1. The summed E-state index contributed by atoms with van der Waals surface area (Å²) in [6.45, 7) is 0.742. The normalized spacial score (nSPS) is 18.8. The van der Waals surface area contributed by atoms with Crippen LogP contribution in [0.3, 0.4) is 0 Å². The molecule has 5 rings (SSSR count). The number of amides is 2. The van der Waals surface area contributed by atoms with Gasteiger partial charge in [0.25, 0.3) is 11.8 Å². The number of carbonyl (C=O) groups is 2. The molecular formula is C29H27F3N6O2. The Morgan fingerprint density at radius 2 is 1.80 bits per heavy atom. The summed E-state index contributed by atoms with van der Waals surface area (Å²) in [7, 11) is 1.56. The quantitative estimate of drug-likeness (QED) is 0.401. The van der Waals surface area contributed by atoms with Crippen LogP contribution in [0, 0.1) is 0 Å². The number of carbonyl (C=O) groups excluding carboxylic acids is 2. The molecule has 206 valence electrons. The van der Waals surface area contributed by atoms with Gasteiger partial charge in [0.1, 0.15) is 5.69 Å². The van der Waals surface area contributed by atoms with Crippen molar-refractivity contribution in [2.45, 2.75) is 24.8 Å². The molecule has 0 aliphatic carbocycles. The molecule has 3 N–H and O–H groups in total. The third-order valence-corrected chi connectivity index (χ3v) is 6.68. The van der Waals surface area contributed by atoms with Crippen LogP contribution in [-0.2, 0) is 6.18 Å². The highest BCUT2D eigenvalue weighted by Crippen LogP contribution is 2.34. The van der Waals surface area contributed by atoms with E-state index in [4.69, 9.17) is 0 Å². The van der Waals surface area contributed by atoms with Crippen molar-refractivity contribution in [3.8, 4) is 11.1 Å². The molecule has 2 aliphatic heterocycles. The molecule has 0 spiro atoms. The van der Waals surface area contributed by atoms with Crippen molar-refractivity contribution in [3.63, 3.8) is 0 Å². The van der Waals surface area contributed by atoms with Crippen LogP contribution in [0.15, 0.2) is 77.8 Å². The van der Waals surface area contributed by atoms with Gasteiger partial charge >= 0.3 is 6.18 Å². The maximum atomic E-state index is 13.8. The van der Waals surface area contributed by atoms with Crippen LogP contribution in [0.2, 0.25) is 0 Å². The first-order valence-corrected chi connectivity index (χ1v) is 12.7. The molecule has 11 heteroatoms. The average Bonchev–Trinajstić information content (AvgIpc) is 3.44. The summed E-state index contributed by atoms with van der Waals surface area (Å²) in [5.41, 5.74) is 2.54. The first kappa shape index (κ1) is 27.1. The lowest BCUT2D eigenvalue weighted by Crippen LogP contribution is -2.48. The second-order valence-electron chi connectivity index (χ2n) is 9.39. The predicted octanol–water partition coefficient (Wildman–Crippen LogP) is 4.24. The topological polar surface area (TPSA) is 100 Å². The van der Waals surface area contributed by atoms with Gasteiger partial charge in [-0.3, -0.25) is 24.6 Å². The Morgan fingerprint density at radius 1 is 1.00 bits per heavy atom. The monoisotopic (exact) mass is 548 g/mol. The Kier molecular flexibility index (Phi) is 7.65. The van der Waals surface area contributed by atoms with Gasteiger partial charge in [-0.15, -0.1) is 0 Å². The number of hydrogen-bond donors (Lipinski definition) is 3. The standard InChI is InChI=1S/C29H27F3N6O2/c1-33-27(39)19-9-7-18(8-10-19)20-4-2-5-21(14-20)28(40)36-26-12-11-23(17-35-26)38-25(29(30,31)32)15-24(37-38)22-6-3-13-34-16-22/h2,4-12,14-16,23,26,35H,3,13,17H2,1H3,(H,33,39)(H,36,40). The minimum atomic E-state index is -4.58. The van der Waals surface area contributed by atoms with E-state index in [1.165, 1.54) is 0 Å². The third-order valence-electron chi connectivity index (χ3n) is 6.68. The molecule has 40 heavy (non-hydrogen) atoms. The Balaban J connectivity index is 1.28. The van der Waals surface area contributed by atoms with Crippen LogP contribution >= 0.6 is 0 Å². The van der Waals surface area contributed by atoms with E-state index < -0.39 is 24.1 Å². The second-order valence-corrected chi connectivity index (χ2v) is 9.39. The van der Waals surface area contributed by atoms with Crippen LogP contribution in [0.4, 0.5) is 13.2 Å². The molecule has 0 radical (unpaired) electrons. The van der Waals surface area contributed by atoms with Crippen molar-refractivity contribution in [1.29, 1.82) is 0 Å². The van der Waals surface area contributed by atoms with E-state index in [0.717, 1.165) is 21.9 Å². The Hall–Kier alpha value is -4.51. The zero-order valence-electron chi connectivity index (χ0n) is 21.6. The zero-order valence-corrected chi connectivity index (χ0v) is 21.6. The second kappa shape index (κ2) is 11.3. The number of halogens is 3. The van der Waals surface area contributed by atoms with E-state index in [9.17, 15) is 22.8 Å². The van der Waals surface area contributed by atoms with Crippen LogP contribution in [0.25, 0.3) is 16.7 Å². The van der Waals surface area contributed by atoms with E-state index in [1.54, 1.807) is 67.9 Å². The number of alkyl halides is 3. The van der Waals surface area contributed by atoms with Crippen molar-refractivity contribution in [2.75, 3.05) is 20.1 Å². The first-order chi connectivity index (χ1) is 19.2. The van der Waals surface area contributed by atoms with E-state index in [2.05, 4.69) is 26.0 Å². The fourth-order valence-electron chi connectivity index (χ4n) is 4.59. The number of rotatable bonds is 6. The van der Waals surface area contributed by atoms with E-state index in [0.29, 0.717) is 29.7 Å². The number of benzene rings is 2. The predicted molar refractivity (Wildman–Crippen MR) is 146 cm³/mol. The van der Waals surface area contributed by atoms with Gasteiger partial charge in [0, 0.05) is 43.1 Å². The Labute approximate surface area is 228 Å². The number of nitrogens with one attached hydrogen (secondary N) is 3. The fraction of sp³-hybridized carbons (Fsp3) is 0.241. The maximum Gasteiger partial charge on any atom is 0.433 e. The summed E-state index contributed by atoms with van der Waals surface area (Å²) >= 11 is 0. The van der Waals surface area contributed by atoms with Gasteiger partial charge in [0.05, 0.1) is 17.9 Å². The van der Waals surface area contributed by atoms with Crippen molar-refractivity contribution in [2.24, 2.45) is 4.99 Å². The lowest BCUT2D eigenvalue weighted by Gasteiger charge is -2.27. The number of hydrogen-bond acceptors (Lipinski definition) is 5. The van der Waals surface area contributed by atoms with Crippen molar-refractivity contribution >= 4 is 23.6 Å². The van der Waals surface area contributed by atoms with Gasteiger partial charge in [0.15, 0.2) is 0 Å². The Bertz CT molecular complexity index is 1500. The number of aromatic nitrogens is 2. The molecule has 2 amide bonds. The van der Waals surface area contributed by atoms with E-state index in [1.807, 2.05) is 12.1 Å². The minimum absolute atomic E-state index is 0.135. The van der Waals surface area contributed by atoms with Gasteiger partial charge in [-0.05, 0) is 54.0 Å². The average molecular weight is 549 g/mol. The fourth-order valence-corrected chi connectivity index (χ4v) is 4.59. The van der Waals surface area contributed by atoms with E-state index in [-0.39, 0.29) is 24.1 Å². The molecule has 2 unspecified atom stereocenters. The number of allylic oxidation sites excluding steroid dienone is 1. The van der Waals surface area contributed by atoms with Gasteiger partial charge in [0.2, 0.25) is 0 Å². The van der Waals surface area contributed by atoms with Crippen molar-refractivity contribution < 1.29 is 22.8 Å². The molecule has 3 aromatic rings. The van der Waals surface area contributed by atoms with Gasteiger partial charge in [-0.25, -0.2) is 0 Å². The highest BCUT2D eigenvalue weighted by atomic mass is 19.4. The van der Waals surface area contributed by atoms with Gasteiger partial charge in [-0.2, -0.15) is 18.3 Å². The first-order valence-electron chi connectivity index (χ1n) is 12.7. The molecule has 0 saturated carbocycles. The van der Waals surface area contributed by atoms with Gasteiger partial charge < -0.3 is 10.6 Å². The summed E-state index contributed by atoms with van der Waals surface area (Å²) in [5.74, 6) is -0.529. The Morgan fingerprint density at radius 3 is 2.45 bits per heavy atom. The summed E-state index contributed by atoms with van der Waals surface area (Å²) in [6, 6.07) is 14.4. The van der Waals surface area contributed by atoms with Crippen LogP contribution < -0.4 is 16.0 Å². The highest BCUT2D eigenvalue weighted by molar-refractivity contribution is 6.09. The van der Waals surface area contributed by atoms with Crippen LogP contribution in [-0.4, -0.2) is 54.1 Å². The third kappa shape index (κ3) is 5.89. The summed E-state index contributed by atoms with van der Waals surface area (Å²) in [5, 5.41) is 12.8. The summed E-state index contributed by atoms with van der Waals surface area (Å²) in [4.78, 5) is 28.9. The van der Waals surface area contributed by atoms with Crippen molar-refractivity contribution in [1.82, 2.24) is 25.7 Å². The number of aliphatic imine (C=N–C) groups is 1. The lowest BCUT2D eigenvalue weighted by molar-refractivity contribution is -0.144. The molecule has 1 aromatic heterocycles. The minimum Gasteiger partial charge on any atom is -0.355 e. The molecular weight excluding hydrogens is 521 g/mol. The zero-order chi connectivity index (χ0) is 28.3. The number of dihydropyridines is 1. The highest BCUT2D eigenvalue weighted by Gasteiger charge is 2.38. The van der Waals surface area contributed by atoms with Crippen LogP contribution in [0.1, 0.15) is 44.6 Å². The molecule has 8 nitrogen and oxygen atoms in total. The molecule has 0 fully saturated rings. The van der Waals surface area contributed by atoms with Gasteiger partial charge in [-0.1, -0.05) is 36.4 Å². The number of nitrogens with zero attached hydrogens (tertiary/aromatic N) is 3. The summed E-state index contributed by atoms with van der Waals surface area (Å²) < 4.78 is 42.4. The summed E-state index contributed by atoms with van der Waals surface area (Å²) in [6.07, 6.45) is 2.11.